The SMILES string of the molecule is CCCCCCCCCCCCCC/C=C\CCCCCCCCCCCCCCCC(O)CC(=O)NC(COP(=O)(O)OC1C(O)C(O)C(O)C(O)C1O)C(O)CCCCC. The first kappa shape index (κ1) is 59.1. The Hall–Kier alpha value is -0.960. The zero-order valence-corrected chi connectivity index (χ0v) is 39.9. The minimum atomic E-state index is -5.09. The number of carbonyl (C=O) groups is 1. The van der Waals surface area contributed by atoms with E-state index in [1.54, 1.807) is 0 Å². The summed E-state index contributed by atoms with van der Waals surface area (Å²) in [4.78, 5) is 23.2. The van der Waals surface area contributed by atoms with Crippen molar-refractivity contribution < 1.29 is 59.0 Å². The second-order valence-electron chi connectivity index (χ2n) is 18.2. The fraction of sp³-hybridized carbons (Fsp3) is 0.938. The molecule has 1 fully saturated rings. The maximum Gasteiger partial charge on any atom is 0.472 e. The molecule has 1 rings (SSSR count). The lowest BCUT2D eigenvalue weighted by atomic mass is 9.85. The van der Waals surface area contributed by atoms with Crippen LogP contribution in [0.5, 0.6) is 0 Å². The molecule has 0 aromatic carbocycles. The summed E-state index contributed by atoms with van der Waals surface area (Å²) < 4.78 is 22.6. The van der Waals surface area contributed by atoms with E-state index in [4.69, 9.17) is 9.05 Å². The molecule has 9 N–H and O–H groups in total. The lowest BCUT2D eigenvalue weighted by Crippen LogP contribution is -2.64. The molecule has 13 nitrogen and oxygen atoms in total. The van der Waals surface area contributed by atoms with Gasteiger partial charge in [0.2, 0.25) is 5.91 Å². The van der Waals surface area contributed by atoms with Crippen LogP contribution in [-0.4, -0.2) is 108 Å². The standard InChI is InChI=1S/C48H94NO12P/c1-3-5-7-8-9-10-11-12-13-14-15-16-17-18-19-20-21-22-23-24-25-26-27-28-29-30-31-32-34-35-39(50)37-42(52)49-40(41(51)36-33-6-4-2)38-60-62(58,59)61-48-46(56)44(54)43(53)45(55)47(48)57/h18-19,39-41,43-48,50-51,53-57H,3-17,20-38H2,1-2H3,(H,49,52)(H,58,59)/b19-18-. The van der Waals surface area contributed by atoms with Crippen LogP contribution in [0.25, 0.3) is 0 Å². The summed E-state index contributed by atoms with van der Waals surface area (Å²) in [5.74, 6) is -0.569. The third kappa shape index (κ3) is 29.5. The molecule has 0 aromatic rings. The van der Waals surface area contributed by atoms with Gasteiger partial charge in [0.05, 0.1) is 31.3 Å². The minimum absolute atomic E-state index is 0.222. The average molecular weight is 908 g/mol. The van der Waals surface area contributed by atoms with E-state index in [0.717, 1.165) is 38.5 Å². The zero-order chi connectivity index (χ0) is 45.9. The van der Waals surface area contributed by atoms with Gasteiger partial charge in [0.15, 0.2) is 0 Å². The summed E-state index contributed by atoms with van der Waals surface area (Å²) in [6.45, 7) is 3.58. The number of hydrogen-bond acceptors (Lipinski definition) is 11. The number of phosphoric acid groups is 1. The molecule has 14 heteroatoms. The highest BCUT2D eigenvalue weighted by molar-refractivity contribution is 7.47. The van der Waals surface area contributed by atoms with E-state index in [9.17, 15) is 50.0 Å². The molecule has 0 aliphatic heterocycles. The van der Waals surface area contributed by atoms with Gasteiger partial charge in [0.1, 0.15) is 36.6 Å². The molecule has 1 aliphatic carbocycles. The Morgan fingerprint density at radius 2 is 0.903 bits per heavy atom. The predicted molar refractivity (Wildman–Crippen MR) is 247 cm³/mol. The molecule has 0 heterocycles. The Morgan fingerprint density at radius 3 is 1.34 bits per heavy atom. The van der Waals surface area contributed by atoms with Gasteiger partial charge in [0.25, 0.3) is 0 Å². The van der Waals surface area contributed by atoms with Crippen molar-refractivity contribution in [2.45, 2.75) is 281 Å². The molecular formula is C48H94NO12P. The number of phosphoric ester groups is 1. The van der Waals surface area contributed by atoms with Crippen LogP contribution in [0.2, 0.25) is 0 Å². The Morgan fingerprint density at radius 1 is 0.548 bits per heavy atom. The van der Waals surface area contributed by atoms with Crippen LogP contribution < -0.4 is 5.32 Å². The van der Waals surface area contributed by atoms with E-state index >= 15 is 0 Å². The summed E-state index contributed by atoms with van der Waals surface area (Å²) in [5, 5.41) is 73.8. The zero-order valence-electron chi connectivity index (χ0n) is 39.1. The predicted octanol–water partition coefficient (Wildman–Crippen LogP) is 8.98. The number of carbonyl (C=O) groups excluding carboxylic acids is 1. The molecule has 0 spiro atoms. The largest absolute Gasteiger partial charge is 0.472 e. The fourth-order valence-electron chi connectivity index (χ4n) is 8.24. The van der Waals surface area contributed by atoms with E-state index in [0.29, 0.717) is 12.8 Å². The Kier molecular flexibility index (Phi) is 36.4. The fourth-order valence-corrected chi connectivity index (χ4v) is 9.21. The van der Waals surface area contributed by atoms with E-state index in [1.165, 1.54) is 148 Å². The van der Waals surface area contributed by atoms with Gasteiger partial charge < -0.3 is 46.0 Å². The number of nitrogens with one attached hydrogen (secondary N) is 1. The summed E-state index contributed by atoms with van der Waals surface area (Å²) in [6.07, 6.45) is 28.6. The molecule has 8 atom stereocenters. The number of aliphatic hydroxyl groups is 7. The lowest BCUT2D eigenvalue weighted by Gasteiger charge is -2.41. The van der Waals surface area contributed by atoms with E-state index in [-0.39, 0.29) is 12.8 Å². The van der Waals surface area contributed by atoms with Gasteiger partial charge in [-0.1, -0.05) is 193 Å². The number of allylic oxidation sites excluding steroid dienone is 2. The Labute approximate surface area is 376 Å². The molecule has 0 radical (unpaired) electrons. The minimum Gasteiger partial charge on any atom is -0.393 e. The number of rotatable bonds is 42. The van der Waals surface area contributed by atoms with Crippen molar-refractivity contribution in [3.8, 4) is 0 Å². The second kappa shape index (κ2) is 38.2. The van der Waals surface area contributed by atoms with Crippen molar-refractivity contribution in [2.75, 3.05) is 6.61 Å². The van der Waals surface area contributed by atoms with Crippen LogP contribution in [0.3, 0.4) is 0 Å². The van der Waals surface area contributed by atoms with Gasteiger partial charge in [0, 0.05) is 0 Å². The van der Waals surface area contributed by atoms with Crippen LogP contribution in [0.15, 0.2) is 12.2 Å². The van der Waals surface area contributed by atoms with E-state index in [2.05, 4.69) is 24.4 Å². The molecule has 0 saturated heterocycles. The topological polar surface area (TPSA) is 226 Å². The first-order chi connectivity index (χ1) is 29.8. The maximum atomic E-state index is 12.8. The van der Waals surface area contributed by atoms with E-state index < -0.39 is 75.2 Å². The van der Waals surface area contributed by atoms with Crippen molar-refractivity contribution >= 4 is 13.7 Å². The van der Waals surface area contributed by atoms with Crippen LogP contribution >= 0.6 is 7.82 Å². The average Bonchev–Trinajstić information content (AvgIpc) is 3.24. The highest BCUT2D eigenvalue weighted by Gasteiger charge is 2.51. The molecular weight excluding hydrogens is 813 g/mol. The summed E-state index contributed by atoms with van der Waals surface area (Å²) in [5.41, 5.74) is 0. The van der Waals surface area contributed by atoms with Crippen molar-refractivity contribution in [3.05, 3.63) is 12.2 Å². The van der Waals surface area contributed by atoms with E-state index in [1.807, 2.05) is 6.92 Å². The number of unbranched alkanes of at least 4 members (excludes halogenated alkanes) is 27. The third-order valence-electron chi connectivity index (χ3n) is 12.4. The van der Waals surface area contributed by atoms with Gasteiger partial charge in [-0.3, -0.25) is 13.8 Å². The van der Waals surface area contributed by atoms with Crippen molar-refractivity contribution in [2.24, 2.45) is 0 Å². The third-order valence-corrected chi connectivity index (χ3v) is 13.4. The molecule has 0 bridgehead atoms. The highest BCUT2D eigenvalue weighted by atomic mass is 31.2. The normalized spacial score (nSPS) is 23.1. The summed E-state index contributed by atoms with van der Waals surface area (Å²) in [7, 11) is -5.09. The Bertz CT molecular complexity index is 1120. The first-order valence-corrected chi connectivity index (χ1v) is 26.7. The van der Waals surface area contributed by atoms with Gasteiger partial charge in [-0.15, -0.1) is 0 Å². The van der Waals surface area contributed by atoms with Gasteiger partial charge >= 0.3 is 7.82 Å². The highest BCUT2D eigenvalue weighted by Crippen LogP contribution is 2.47. The van der Waals surface area contributed by atoms with Crippen molar-refractivity contribution in [3.63, 3.8) is 0 Å². The molecule has 8 unspecified atom stereocenters. The second-order valence-corrected chi connectivity index (χ2v) is 19.6. The quantitative estimate of drug-likeness (QED) is 0.0159. The molecule has 1 aliphatic rings. The van der Waals surface area contributed by atoms with Gasteiger partial charge in [-0.25, -0.2) is 4.57 Å². The number of aliphatic hydroxyl groups excluding tert-OH is 7. The first-order valence-electron chi connectivity index (χ1n) is 25.2. The Balaban J connectivity index is 2.11. The summed E-state index contributed by atoms with van der Waals surface area (Å²) in [6, 6.07) is -1.15. The van der Waals surface area contributed by atoms with Crippen LogP contribution in [-0.2, 0) is 18.4 Å². The van der Waals surface area contributed by atoms with Crippen LogP contribution in [0, 0.1) is 0 Å². The van der Waals surface area contributed by atoms with Gasteiger partial charge in [-0.2, -0.15) is 0 Å². The summed E-state index contributed by atoms with van der Waals surface area (Å²) >= 11 is 0. The van der Waals surface area contributed by atoms with Crippen molar-refractivity contribution in [1.82, 2.24) is 5.32 Å². The molecule has 1 saturated carbocycles. The van der Waals surface area contributed by atoms with Crippen LogP contribution in [0.1, 0.15) is 226 Å². The number of amides is 1. The lowest BCUT2D eigenvalue weighted by molar-refractivity contribution is -0.220. The number of hydrogen-bond donors (Lipinski definition) is 9. The molecule has 62 heavy (non-hydrogen) atoms. The monoisotopic (exact) mass is 908 g/mol. The molecule has 1 amide bonds. The van der Waals surface area contributed by atoms with Crippen molar-refractivity contribution in [1.29, 1.82) is 0 Å². The maximum absolute atomic E-state index is 12.8. The molecule has 0 aromatic heterocycles. The smallest absolute Gasteiger partial charge is 0.393 e. The van der Waals surface area contributed by atoms with Gasteiger partial charge in [-0.05, 0) is 38.5 Å². The molecule has 368 valence electrons. The van der Waals surface area contributed by atoms with Crippen LogP contribution in [0.4, 0.5) is 0 Å².